The molecule has 1 aromatic rings. The van der Waals surface area contributed by atoms with Crippen molar-refractivity contribution >= 4 is 11.6 Å². The second-order valence-electron chi connectivity index (χ2n) is 5.85. The quantitative estimate of drug-likeness (QED) is 0.792. The standard InChI is InChI=1S/C17H26N2O/c1-3-11-18-13(2)15-7-9-16(10-8-15)19-17(20)12-14-5-4-6-14/h7-10,13-14,18H,3-6,11-12H2,1-2H3,(H,19,20). The Labute approximate surface area is 122 Å². The number of benzene rings is 1. The third-order valence-corrected chi connectivity index (χ3v) is 4.09. The van der Waals surface area contributed by atoms with E-state index < -0.39 is 0 Å². The molecule has 2 N–H and O–H groups in total. The van der Waals surface area contributed by atoms with Gasteiger partial charge in [-0.1, -0.05) is 25.5 Å². The maximum absolute atomic E-state index is 11.9. The zero-order valence-corrected chi connectivity index (χ0v) is 12.6. The van der Waals surface area contributed by atoms with Crippen molar-refractivity contribution in [1.82, 2.24) is 5.32 Å². The molecule has 1 saturated carbocycles. The number of amides is 1. The Morgan fingerprint density at radius 2 is 2.00 bits per heavy atom. The van der Waals surface area contributed by atoms with Crippen LogP contribution in [0.15, 0.2) is 24.3 Å². The van der Waals surface area contributed by atoms with Gasteiger partial charge in [0.25, 0.3) is 0 Å². The summed E-state index contributed by atoms with van der Waals surface area (Å²) in [6.07, 6.45) is 5.53. The summed E-state index contributed by atoms with van der Waals surface area (Å²) in [5, 5.41) is 6.45. The van der Waals surface area contributed by atoms with Crippen LogP contribution in [0.25, 0.3) is 0 Å². The van der Waals surface area contributed by atoms with Crippen LogP contribution in [0.4, 0.5) is 5.69 Å². The van der Waals surface area contributed by atoms with E-state index in [1.807, 2.05) is 12.1 Å². The zero-order chi connectivity index (χ0) is 14.4. The minimum atomic E-state index is 0.152. The molecule has 0 aliphatic heterocycles. The Balaban J connectivity index is 1.82. The summed E-state index contributed by atoms with van der Waals surface area (Å²) < 4.78 is 0. The first kappa shape index (κ1) is 15.0. The Hall–Kier alpha value is -1.35. The number of hydrogen-bond donors (Lipinski definition) is 2. The molecule has 0 saturated heterocycles. The molecule has 1 aromatic carbocycles. The van der Waals surface area contributed by atoms with Gasteiger partial charge in [-0.15, -0.1) is 0 Å². The highest BCUT2D eigenvalue weighted by Crippen LogP contribution is 2.29. The number of carbonyl (C=O) groups is 1. The van der Waals surface area contributed by atoms with Gasteiger partial charge in [-0.2, -0.15) is 0 Å². The average molecular weight is 274 g/mol. The summed E-state index contributed by atoms with van der Waals surface area (Å²) in [6.45, 7) is 5.36. The topological polar surface area (TPSA) is 41.1 Å². The summed E-state index contributed by atoms with van der Waals surface area (Å²) in [4.78, 5) is 11.9. The molecule has 1 atom stereocenters. The van der Waals surface area contributed by atoms with Crippen molar-refractivity contribution in [3.05, 3.63) is 29.8 Å². The number of hydrogen-bond acceptors (Lipinski definition) is 2. The molecule has 0 bridgehead atoms. The molecule has 0 heterocycles. The molecular weight excluding hydrogens is 248 g/mol. The summed E-state index contributed by atoms with van der Waals surface area (Å²) in [5.74, 6) is 0.771. The van der Waals surface area contributed by atoms with Gasteiger partial charge in [-0.3, -0.25) is 4.79 Å². The van der Waals surface area contributed by atoms with Gasteiger partial charge in [-0.05, 0) is 56.3 Å². The van der Waals surface area contributed by atoms with Gasteiger partial charge in [0.05, 0.1) is 0 Å². The lowest BCUT2D eigenvalue weighted by atomic mass is 9.83. The molecule has 0 spiro atoms. The molecule has 1 amide bonds. The Kier molecular flexibility index (Phi) is 5.60. The van der Waals surface area contributed by atoms with Crippen molar-refractivity contribution in [2.75, 3.05) is 11.9 Å². The molecular formula is C17H26N2O. The van der Waals surface area contributed by atoms with Crippen LogP contribution in [-0.4, -0.2) is 12.5 Å². The van der Waals surface area contributed by atoms with Gasteiger partial charge in [0, 0.05) is 18.2 Å². The van der Waals surface area contributed by atoms with Crippen molar-refractivity contribution < 1.29 is 4.79 Å². The first-order valence-electron chi connectivity index (χ1n) is 7.82. The molecule has 1 unspecified atom stereocenters. The van der Waals surface area contributed by atoms with Crippen molar-refractivity contribution in [3.8, 4) is 0 Å². The number of rotatable bonds is 7. The second-order valence-corrected chi connectivity index (χ2v) is 5.85. The second kappa shape index (κ2) is 7.44. The summed E-state index contributed by atoms with van der Waals surface area (Å²) in [7, 11) is 0. The smallest absolute Gasteiger partial charge is 0.224 e. The van der Waals surface area contributed by atoms with Crippen LogP contribution in [0.3, 0.4) is 0 Å². The van der Waals surface area contributed by atoms with Crippen molar-refractivity contribution in [2.45, 2.75) is 52.0 Å². The molecule has 110 valence electrons. The zero-order valence-electron chi connectivity index (χ0n) is 12.6. The lowest BCUT2D eigenvalue weighted by Crippen LogP contribution is -2.21. The van der Waals surface area contributed by atoms with Gasteiger partial charge in [-0.25, -0.2) is 0 Å². The maximum Gasteiger partial charge on any atom is 0.224 e. The van der Waals surface area contributed by atoms with E-state index in [1.54, 1.807) is 0 Å². The first-order valence-corrected chi connectivity index (χ1v) is 7.82. The van der Waals surface area contributed by atoms with E-state index in [0.29, 0.717) is 18.4 Å². The molecule has 3 heteroatoms. The molecule has 1 fully saturated rings. The van der Waals surface area contributed by atoms with E-state index in [4.69, 9.17) is 0 Å². The summed E-state index contributed by atoms with van der Waals surface area (Å²) >= 11 is 0. The van der Waals surface area contributed by atoms with Crippen LogP contribution in [0.5, 0.6) is 0 Å². The van der Waals surface area contributed by atoms with Crippen molar-refractivity contribution in [2.24, 2.45) is 5.92 Å². The van der Waals surface area contributed by atoms with Crippen LogP contribution < -0.4 is 10.6 Å². The Morgan fingerprint density at radius 1 is 1.30 bits per heavy atom. The first-order chi connectivity index (χ1) is 9.69. The normalized spacial score (nSPS) is 16.5. The van der Waals surface area contributed by atoms with Gasteiger partial charge in [0.1, 0.15) is 0 Å². The lowest BCUT2D eigenvalue weighted by Gasteiger charge is -2.24. The number of nitrogens with one attached hydrogen (secondary N) is 2. The third kappa shape index (κ3) is 4.34. The monoisotopic (exact) mass is 274 g/mol. The summed E-state index contributed by atoms with van der Waals surface area (Å²) in [5.41, 5.74) is 2.16. The van der Waals surface area contributed by atoms with Gasteiger partial charge >= 0.3 is 0 Å². The van der Waals surface area contributed by atoms with E-state index in [0.717, 1.165) is 18.7 Å². The summed E-state index contributed by atoms with van der Waals surface area (Å²) in [6, 6.07) is 8.53. The van der Waals surface area contributed by atoms with Crippen molar-refractivity contribution in [1.29, 1.82) is 0 Å². The molecule has 0 aromatic heterocycles. The largest absolute Gasteiger partial charge is 0.326 e. The van der Waals surface area contributed by atoms with Crippen LogP contribution in [0.2, 0.25) is 0 Å². The fourth-order valence-electron chi connectivity index (χ4n) is 2.50. The number of carbonyl (C=O) groups excluding carboxylic acids is 1. The van der Waals surface area contributed by atoms with E-state index in [9.17, 15) is 4.79 Å². The lowest BCUT2D eigenvalue weighted by molar-refractivity contribution is -0.117. The van der Waals surface area contributed by atoms with Crippen molar-refractivity contribution in [3.63, 3.8) is 0 Å². The molecule has 20 heavy (non-hydrogen) atoms. The fraction of sp³-hybridized carbons (Fsp3) is 0.588. The average Bonchev–Trinajstić information content (AvgIpc) is 2.41. The third-order valence-electron chi connectivity index (χ3n) is 4.09. The molecule has 1 aliphatic rings. The van der Waals surface area contributed by atoms with Crippen LogP contribution in [-0.2, 0) is 4.79 Å². The Morgan fingerprint density at radius 3 is 2.55 bits per heavy atom. The minimum Gasteiger partial charge on any atom is -0.326 e. The highest BCUT2D eigenvalue weighted by molar-refractivity contribution is 5.90. The molecule has 2 rings (SSSR count). The van der Waals surface area contributed by atoms with Gasteiger partial charge in [0.15, 0.2) is 0 Å². The van der Waals surface area contributed by atoms with E-state index in [2.05, 4.69) is 36.6 Å². The molecule has 1 aliphatic carbocycles. The predicted molar refractivity (Wildman–Crippen MR) is 83.7 cm³/mol. The maximum atomic E-state index is 11.9. The highest BCUT2D eigenvalue weighted by Gasteiger charge is 2.20. The highest BCUT2D eigenvalue weighted by atomic mass is 16.1. The SMILES string of the molecule is CCCNC(C)c1ccc(NC(=O)CC2CCC2)cc1. The van der Waals surface area contributed by atoms with Gasteiger partial charge in [0.2, 0.25) is 5.91 Å². The fourth-order valence-corrected chi connectivity index (χ4v) is 2.50. The van der Waals surface area contributed by atoms with E-state index in [-0.39, 0.29) is 5.91 Å². The Bertz CT molecular complexity index is 423. The van der Waals surface area contributed by atoms with Crippen LogP contribution >= 0.6 is 0 Å². The number of anilines is 1. The van der Waals surface area contributed by atoms with Crippen LogP contribution in [0.1, 0.15) is 57.6 Å². The predicted octanol–water partition coefficient (Wildman–Crippen LogP) is 3.88. The van der Waals surface area contributed by atoms with Gasteiger partial charge < -0.3 is 10.6 Å². The van der Waals surface area contributed by atoms with E-state index >= 15 is 0 Å². The van der Waals surface area contributed by atoms with Crippen LogP contribution in [0, 0.1) is 5.92 Å². The molecule has 0 radical (unpaired) electrons. The minimum absolute atomic E-state index is 0.152. The van der Waals surface area contributed by atoms with E-state index in [1.165, 1.54) is 24.8 Å². The molecule has 3 nitrogen and oxygen atoms in total.